The van der Waals surface area contributed by atoms with E-state index in [1.165, 1.54) is 5.56 Å². The number of alkyl carbamates (subject to hydrolysis) is 1. The van der Waals surface area contributed by atoms with Gasteiger partial charge < -0.3 is 14.8 Å². The third-order valence-electron chi connectivity index (χ3n) is 4.12. The van der Waals surface area contributed by atoms with Crippen LogP contribution in [0, 0.1) is 0 Å². The van der Waals surface area contributed by atoms with Crippen LogP contribution in [0.2, 0.25) is 0 Å². The van der Waals surface area contributed by atoms with Gasteiger partial charge in [-0.1, -0.05) is 44.0 Å². The van der Waals surface area contributed by atoms with Crippen LogP contribution in [0.4, 0.5) is 4.79 Å². The van der Waals surface area contributed by atoms with E-state index in [1.54, 1.807) is 11.3 Å². The quantitative estimate of drug-likeness (QED) is 0.613. The van der Waals surface area contributed by atoms with E-state index >= 15 is 0 Å². The molecule has 0 bridgehead atoms. The molecule has 1 aromatic heterocycles. The Kier molecular flexibility index (Phi) is 7.39. The highest BCUT2D eigenvalue weighted by atomic mass is 32.1. The van der Waals surface area contributed by atoms with Gasteiger partial charge in [-0.05, 0) is 53.8 Å². The number of ether oxygens (including phenoxy) is 1. The topological polar surface area (TPSA) is 55.4 Å². The van der Waals surface area contributed by atoms with Crippen LogP contribution in [-0.2, 0) is 16.0 Å². The van der Waals surface area contributed by atoms with E-state index in [9.17, 15) is 9.59 Å². The molecular weight excluding hydrogens is 346 g/mol. The minimum atomic E-state index is -0.671. The number of nitrogens with one attached hydrogen (secondary N) is 1. The summed E-state index contributed by atoms with van der Waals surface area (Å²) in [6.07, 6.45) is 3.33. The molecule has 1 heterocycles. The summed E-state index contributed by atoms with van der Waals surface area (Å²) in [6, 6.07) is 9.87. The zero-order chi connectivity index (χ0) is 19.0. The van der Waals surface area contributed by atoms with E-state index in [-0.39, 0.29) is 0 Å². The van der Waals surface area contributed by atoms with Gasteiger partial charge in [0.2, 0.25) is 0 Å². The van der Waals surface area contributed by atoms with Crippen LogP contribution in [0.5, 0.6) is 0 Å². The molecule has 0 radical (unpaired) electrons. The Labute approximate surface area is 159 Å². The number of aldehydes is 1. The molecule has 1 atom stereocenters. The molecule has 140 valence electrons. The lowest BCUT2D eigenvalue weighted by molar-refractivity contribution is -0.109. The molecule has 2 aromatic rings. The van der Waals surface area contributed by atoms with Crippen molar-refractivity contribution in [3.63, 3.8) is 0 Å². The molecule has 4 nitrogen and oxygen atoms in total. The third kappa shape index (κ3) is 6.30. The fraction of sp³-hybridized carbons (Fsp3) is 0.429. The number of unbranched alkanes of at least 4 members (excludes halogenated alkanes) is 1. The second kappa shape index (κ2) is 9.53. The van der Waals surface area contributed by atoms with E-state index in [1.807, 2.05) is 32.9 Å². The zero-order valence-electron chi connectivity index (χ0n) is 15.7. The smallest absolute Gasteiger partial charge is 0.408 e. The highest BCUT2D eigenvalue weighted by Crippen LogP contribution is 2.25. The molecule has 26 heavy (non-hydrogen) atoms. The van der Waals surface area contributed by atoms with Gasteiger partial charge in [0.05, 0.1) is 6.04 Å². The van der Waals surface area contributed by atoms with Gasteiger partial charge in [0.15, 0.2) is 0 Å². The van der Waals surface area contributed by atoms with Crippen molar-refractivity contribution in [2.24, 2.45) is 0 Å². The van der Waals surface area contributed by atoms with E-state index < -0.39 is 17.7 Å². The Morgan fingerprint density at radius 3 is 2.77 bits per heavy atom. The first kappa shape index (κ1) is 20.2. The summed E-state index contributed by atoms with van der Waals surface area (Å²) in [6.45, 7) is 5.81. The predicted molar refractivity (Wildman–Crippen MR) is 107 cm³/mol. The van der Waals surface area contributed by atoms with Gasteiger partial charge in [0, 0.05) is 6.42 Å². The first-order valence-corrected chi connectivity index (χ1v) is 9.94. The van der Waals surface area contributed by atoms with Gasteiger partial charge in [-0.2, -0.15) is 11.3 Å². The molecule has 5 heteroatoms. The standard InChI is InChI=1S/C21H27NO3S/c1-4-5-9-19(14-23)22-20(24)25-21(2,3)13-16-7-6-8-17(12-16)18-10-11-26-15-18/h6-8,10-12,14-15,19H,4-5,9,13H2,1-3H3,(H,22,24)/t19-/m0/s1. The monoisotopic (exact) mass is 373 g/mol. The third-order valence-corrected chi connectivity index (χ3v) is 4.80. The lowest BCUT2D eigenvalue weighted by Gasteiger charge is -2.26. The van der Waals surface area contributed by atoms with Crippen molar-refractivity contribution in [2.45, 2.75) is 58.1 Å². The molecule has 0 spiro atoms. The average molecular weight is 374 g/mol. The largest absolute Gasteiger partial charge is 0.443 e. The Bertz CT molecular complexity index is 710. The Hall–Kier alpha value is -2.14. The minimum Gasteiger partial charge on any atom is -0.443 e. The normalized spacial score (nSPS) is 12.4. The van der Waals surface area contributed by atoms with Gasteiger partial charge >= 0.3 is 6.09 Å². The van der Waals surface area contributed by atoms with Crippen molar-refractivity contribution >= 4 is 23.7 Å². The number of carbonyl (C=O) groups excluding carboxylic acids is 2. The summed E-state index contributed by atoms with van der Waals surface area (Å²) >= 11 is 1.67. The SMILES string of the molecule is CCCC[C@@H](C=O)NC(=O)OC(C)(C)Cc1cccc(-c2ccsc2)c1. The number of thiophene rings is 1. The maximum absolute atomic E-state index is 12.1. The lowest BCUT2D eigenvalue weighted by atomic mass is 9.96. The van der Waals surface area contributed by atoms with Crippen LogP contribution in [0.25, 0.3) is 11.1 Å². The summed E-state index contributed by atoms with van der Waals surface area (Å²) in [4.78, 5) is 23.2. The molecule has 0 unspecified atom stereocenters. The molecule has 2 rings (SSSR count). The number of benzene rings is 1. The first-order chi connectivity index (χ1) is 12.4. The summed E-state index contributed by atoms with van der Waals surface area (Å²) in [5, 5.41) is 6.82. The van der Waals surface area contributed by atoms with Gasteiger partial charge in [0.1, 0.15) is 11.9 Å². The van der Waals surface area contributed by atoms with Crippen molar-refractivity contribution in [1.82, 2.24) is 5.32 Å². The molecule has 0 fully saturated rings. The number of amides is 1. The molecule has 1 N–H and O–H groups in total. The van der Waals surface area contributed by atoms with Crippen LogP contribution < -0.4 is 5.32 Å². The van der Waals surface area contributed by atoms with Crippen molar-refractivity contribution in [3.8, 4) is 11.1 Å². The molecule has 0 saturated carbocycles. The first-order valence-electron chi connectivity index (χ1n) is 9.00. The van der Waals surface area contributed by atoms with Gasteiger partial charge in [-0.15, -0.1) is 0 Å². The molecule has 0 aliphatic carbocycles. The number of hydrogen-bond acceptors (Lipinski definition) is 4. The average Bonchev–Trinajstić information content (AvgIpc) is 3.12. The summed E-state index contributed by atoms with van der Waals surface area (Å²) in [5.41, 5.74) is 2.78. The van der Waals surface area contributed by atoms with Crippen molar-refractivity contribution in [3.05, 3.63) is 46.7 Å². The van der Waals surface area contributed by atoms with Crippen LogP contribution >= 0.6 is 11.3 Å². The molecule has 0 aliphatic rings. The number of rotatable bonds is 9. The maximum atomic E-state index is 12.1. The van der Waals surface area contributed by atoms with Crippen LogP contribution in [0.15, 0.2) is 41.1 Å². The summed E-state index contributed by atoms with van der Waals surface area (Å²) in [7, 11) is 0. The van der Waals surface area contributed by atoms with Crippen molar-refractivity contribution in [1.29, 1.82) is 0 Å². The van der Waals surface area contributed by atoms with E-state index in [2.05, 4.69) is 34.3 Å². The van der Waals surface area contributed by atoms with Gasteiger partial charge in [0.25, 0.3) is 0 Å². The second-order valence-electron chi connectivity index (χ2n) is 7.07. The van der Waals surface area contributed by atoms with Crippen molar-refractivity contribution < 1.29 is 14.3 Å². The molecule has 0 saturated heterocycles. The van der Waals surface area contributed by atoms with Gasteiger partial charge in [-0.3, -0.25) is 0 Å². The fourth-order valence-corrected chi connectivity index (χ4v) is 3.51. The zero-order valence-corrected chi connectivity index (χ0v) is 16.5. The summed E-state index contributed by atoms with van der Waals surface area (Å²) in [5.74, 6) is 0. The number of hydrogen-bond donors (Lipinski definition) is 1. The minimum absolute atomic E-state index is 0.486. The molecular formula is C21H27NO3S. The van der Waals surface area contributed by atoms with Crippen LogP contribution in [0.3, 0.4) is 0 Å². The molecule has 1 amide bonds. The lowest BCUT2D eigenvalue weighted by Crippen LogP contribution is -2.41. The predicted octanol–water partition coefficient (Wildman–Crippen LogP) is 5.22. The maximum Gasteiger partial charge on any atom is 0.408 e. The van der Waals surface area contributed by atoms with E-state index in [4.69, 9.17) is 4.74 Å². The van der Waals surface area contributed by atoms with Crippen LogP contribution in [0.1, 0.15) is 45.6 Å². The number of carbonyl (C=O) groups is 2. The Morgan fingerprint density at radius 2 is 2.12 bits per heavy atom. The van der Waals surface area contributed by atoms with E-state index in [0.29, 0.717) is 12.8 Å². The fourth-order valence-electron chi connectivity index (χ4n) is 2.85. The molecule has 0 aliphatic heterocycles. The van der Waals surface area contributed by atoms with Crippen molar-refractivity contribution in [2.75, 3.05) is 0 Å². The highest BCUT2D eigenvalue weighted by molar-refractivity contribution is 7.08. The highest BCUT2D eigenvalue weighted by Gasteiger charge is 2.25. The van der Waals surface area contributed by atoms with Gasteiger partial charge in [-0.25, -0.2) is 4.79 Å². The Morgan fingerprint density at radius 1 is 1.31 bits per heavy atom. The molecule has 1 aromatic carbocycles. The Balaban J connectivity index is 1.96. The van der Waals surface area contributed by atoms with E-state index in [0.717, 1.165) is 30.3 Å². The summed E-state index contributed by atoms with van der Waals surface area (Å²) < 4.78 is 5.58. The second-order valence-corrected chi connectivity index (χ2v) is 7.85. The van der Waals surface area contributed by atoms with Crippen LogP contribution in [-0.4, -0.2) is 24.0 Å².